The lowest BCUT2D eigenvalue weighted by molar-refractivity contribution is -0.223. The summed E-state index contributed by atoms with van der Waals surface area (Å²) in [6.45, 7) is 4.89. The molecule has 31 heavy (non-hydrogen) atoms. The van der Waals surface area contributed by atoms with Gasteiger partial charge in [-0.15, -0.1) is 0 Å². The van der Waals surface area contributed by atoms with Crippen molar-refractivity contribution in [2.75, 3.05) is 0 Å². The molecule has 0 saturated heterocycles. The standard InChI is InChI=1S/C23H22F4O4/c1-4-12-11(3)10-15-17(18(20(28)29)21(30)31)14-8-6-7-9-16(14)22(24,25)23(26,27)19(15)13(12)5-2/h6-10,17-18H,4-5H2,1-3H3,(H,28,29)(H,30,31). The molecule has 2 N–H and O–H groups in total. The van der Waals surface area contributed by atoms with E-state index in [1.165, 1.54) is 12.1 Å². The fourth-order valence-electron chi connectivity index (χ4n) is 4.75. The molecule has 2 aromatic rings. The topological polar surface area (TPSA) is 74.6 Å². The van der Waals surface area contributed by atoms with Crippen LogP contribution in [0.3, 0.4) is 0 Å². The molecule has 0 fully saturated rings. The lowest BCUT2D eigenvalue weighted by Crippen LogP contribution is -2.36. The monoisotopic (exact) mass is 438 g/mol. The highest BCUT2D eigenvalue weighted by Crippen LogP contribution is 2.58. The Labute approximate surface area is 176 Å². The molecule has 0 heterocycles. The van der Waals surface area contributed by atoms with Crippen LogP contribution >= 0.6 is 0 Å². The number of benzene rings is 2. The zero-order chi connectivity index (χ0) is 23.3. The Morgan fingerprint density at radius 1 is 0.935 bits per heavy atom. The maximum atomic E-state index is 15.6. The lowest BCUT2D eigenvalue weighted by atomic mass is 9.75. The molecule has 1 aliphatic rings. The SMILES string of the molecule is CCc1c(C)cc2c(c1CC)C(F)(F)C(F)(F)c1ccccc1C2C(C(=O)O)C(=O)O. The smallest absolute Gasteiger partial charge is 0.340 e. The van der Waals surface area contributed by atoms with Gasteiger partial charge in [-0.25, -0.2) is 0 Å². The van der Waals surface area contributed by atoms with Crippen LogP contribution in [0.1, 0.15) is 58.7 Å². The second-order valence-electron chi connectivity index (χ2n) is 7.69. The molecule has 0 aromatic heterocycles. The minimum Gasteiger partial charge on any atom is -0.481 e. The second kappa shape index (κ2) is 7.66. The fraction of sp³-hybridized carbons (Fsp3) is 0.391. The minimum absolute atomic E-state index is 0.00668. The number of carboxylic acid groups (broad SMARTS) is 2. The second-order valence-corrected chi connectivity index (χ2v) is 7.69. The number of halogens is 4. The highest BCUT2D eigenvalue weighted by molar-refractivity contribution is 5.95. The minimum atomic E-state index is -4.67. The van der Waals surface area contributed by atoms with Crippen molar-refractivity contribution in [1.82, 2.24) is 0 Å². The van der Waals surface area contributed by atoms with E-state index >= 15 is 17.6 Å². The van der Waals surface area contributed by atoms with Crippen molar-refractivity contribution >= 4 is 11.9 Å². The predicted octanol–water partition coefficient (Wildman–Crippen LogP) is 5.23. The summed E-state index contributed by atoms with van der Waals surface area (Å²) in [7, 11) is 0. The Kier molecular flexibility index (Phi) is 5.63. The van der Waals surface area contributed by atoms with Crippen LogP contribution in [-0.2, 0) is 34.3 Å². The Balaban J connectivity index is 2.60. The molecule has 3 rings (SSSR count). The first-order chi connectivity index (χ1) is 14.4. The Hall–Kier alpha value is -2.90. The van der Waals surface area contributed by atoms with Gasteiger partial charge in [0.05, 0.1) is 0 Å². The Bertz CT molecular complexity index is 1050. The maximum absolute atomic E-state index is 15.6. The average Bonchev–Trinajstić information content (AvgIpc) is 2.74. The molecule has 0 spiro atoms. The van der Waals surface area contributed by atoms with E-state index in [0.29, 0.717) is 17.5 Å². The van der Waals surface area contributed by atoms with Crippen molar-refractivity contribution < 1.29 is 37.4 Å². The van der Waals surface area contributed by atoms with Gasteiger partial charge in [0.2, 0.25) is 0 Å². The number of alkyl halides is 4. The fourth-order valence-corrected chi connectivity index (χ4v) is 4.75. The Morgan fingerprint density at radius 3 is 2.00 bits per heavy atom. The van der Waals surface area contributed by atoms with Gasteiger partial charge in [-0.2, -0.15) is 17.6 Å². The van der Waals surface area contributed by atoms with Crippen LogP contribution in [0.4, 0.5) is 17.6 Å². The molecule has 0 amide bonds. The molecule has 8 heteroatoms. The number of hydrogen-bond donors (Lipinski definition) is 2. The third-order valence-corrected chi connectivity index (χ3v) is 6.05. The van der Waals surface area contributed by atoms with Crippen molar-refractivity contribution in [3.8, 4) is 0 Å². The molecule has 1 atom stereocenters. The van der Waals surface area contributed by atoms with E-state index in [0.717, 1.165) is 18.2 Å². The van der Waals surface area contributed by atoms with Crippen LogP contribution in [0.25, 0.3) is 0 Å². The van der Waals surface area contributed by atoms with Crippen LogP contribution in [0.2, 0.25) is 0 Å². The molecule has 2 aromatic carbocycles. The van der Waals surface area contributed by atoms with Crippen molar-refractivity contribution in [1.29, 1.82) is 0 Å². The van der Waals surface area contributed by atoms with E-state index in [-0.39, 0.29) is 17.5 Å². The molecule has 4 nitrogen and oxygen atoms in total. The van der Waals surface area contributed by atoms with E-state index in [1.54, 1.807) is 20.8 Å². The first-order valence-corrected chi connectivity index (χ1v) is 9.88. The summed E-state index contributed by atoms with van der Waals surface area (Å²) >= 11 is 0. The number of rotatable bonds is 5. The third kappa shape index (κ3) is 3.20. The van der Waals surface area contributed by atoms with Crippen LogP contribution in [0, 0.1) is 12.8 Å². The third-order valence-electron chi connectivity index (χ3n) is 6.05. The Morgan fingerprint density at radius 2 is 1.48 bits per heavy atom. The van der Waals surface area contributed by atoms with Gasteiger partial charge >= 0.3 is 23.8 Å². The number of carbonyl (C=O) groups is 2. The molecular formula is C23H22F4O4. The summed E-state index contributed by atoms with van der Waals surface area (Å²) in [6, 6.07) is 5.62. The van der Waals surface area contributed by atoms with E-state index in [2.05, 4.69) is 0 Å². The molecule has 1 aliphatic carbocycles. The number of hydrogen-bond acceptors (Lipinski definition) is 2. The summed E-state index contributed by atoms with van der Waals surface area (Å²) in [6.07, 6.45) is 0.315. The average molecular weight is 438 g/mol. The molecular weight excluding hydrogens is 416 g/mol. The van der Waals surface area contributed by atoms with Gasteiger partial charge in [0.25, 0.3) is 0 Å². The highest BCUT2D eigenvalue weighted by Gasteiger charge is 2.64. The normalized spacial score (nSPS) is 18.8. The van der Waals surface area contributed by atoms with Gasteiger partial charge in [0.15, 0.2) is 5.92 Å². The highest BCUT2D eigenvalue weighted by atomic mass is 19.3. The van der Waals surface area contributed by atoms with Gasteiger partial charge in [-0.1, -0.05) is 44.2 Å². The summed E-state index contributed by atoms with van der Waals surface area (Å²) < 4.78 is 61.9. The molecule has 166 valence electrons. The number of aliphatic carboxylic acids is 2. The lowest BCUT2D eigenvalue weighted by Gasteiger charge is -2.30. The largest absolute Gasteiger partial charge is 0.481 e. The van der Waals surface area contributed by atoms with E-state index in [4.69, 9.17) is 0 Å². The molecule has 0 bridgehead atoms. The van der Waals surface area contributed by atoms with Crippen molar-refractivity contribution in [2.24, 2.45) is 5.92 Å². The van der Waals surface area contributed by atoms with Crippen LogP contribution in [0.15, 0.2) is 30.3 Å². The first kappa shape index (κ1) is 22.8. The van der Waals surface area contributed by atoms with E-state index in [1.807, 2.05) is 0 Å². The van der Waals surface area contributed by atoms with E-state index in [9.17, 15) is 19.8 Å². The van der Waals surface area contributed by atoms with Crippen molar-refractivity contribution in [2.45, 2.75) is 51.4 Å². The molecule has 1 unspecified atom stereocenters. The molecule has 0 saturated carbocycles. The summed E-state index contributed by atoms with van der Waals surface area (Å²) in [4.78, 5) is 23.8. The summed E-state index contributed by atoms with van der Waals surface area (Å²) in [5.74, 6) is -16.9. The quantitative estimate of drug-likeness (QED) is 0.495. The van der Waals surface area contributed by atoms with Gasteiger partial charge < -0.3 is 10.2 Å². The number of aryl methyl sites for hydroxylation is 1. The number of fused-ring (bicyclic) bond motifs is 2. The predicted molar refractivity (Wildman–Crippen MR) is 105 cm³/mol. The van der Waals surface area contributed by atoms with Gasteiger partial charge in [0, 0.05) is 17.0 Å². The van der Waals surface area contributed by atoms with Crippen molar-refractivity contribution in [3.05, 3.63) is 69.3 Å². The van der Waals surface area contributed by atoms with E-state index < -0.39 is 52.3 Å². The number of carboxylic acids is 2. The zero-order valence-electron chi connectivity index (χ0n) is 17.2. The van der Waals surface area contributed by atoms with Crippen LogP contribution in [-0.4, -0.2) is 22.2 Å². The zero-order valence-corrected chi connectivity index (χ0v) is 17.2. The van der Waals surface area contributed by atoms with Gasteiger partial charge in [-0.3, -0.25) is 9.59 Å². The molecule has 0 radical (unpaired) electrons. The molecule has 0 aliphatic heterocycles. The van der Waals surface area contributed by atoms with Crippen LogP contribution < -0.4 is 0 Å². The van der Waals surface area contributed by atoms with Crippen molar-refractivity contribution in [3.63, 3.8) is 0 Å². The summed E-state index contributed by atoms with van der Waals surface area (Å²) in [5, 5.41) is 19.3. The van der Waals surface area contributed by atoms with Crippen LogP contribution in [0.5, 0.6) is 0 Å². The van der Waals surface area contributed by atoms with Gasteiger partial charge in [0.1, 0.15) is 0 Å². The first-order valence-electron chi connectivity index (χ1n) is 9.88. The summed E-state index contributed by atoms with van der Waals surface area (Å²) in [5.41, 5.74) is -1.82. The van der Waals surface area contributed by atoms with Gasteiger partial charge in [-0.05, 0) is 47.6 Å². The maximum Gasteiger partial charge on any atom is 0.340 e.